The van der Waals surface area contributed by atoms with E-state index in [0.29, 0.717) is 11.4 Å². The Morgan fingerprint density at radius 1 is 1.00 bits per heavy atom. The number of rotatable bonds is 5. The van der Waals surface area contributed by atoms with Crippen LogP contribution in [0.3, 0.4) is 0 Å². The molecule has 0 atom stereocenters. The number of fused-ring (bicyclic) bond motifs is 1. The van der Waals surface area contributed by atoms with Crippen LogP contribution in [0.4, 0.5) is 0 Å². The average molecular weight is 412 g/mol. The first-order valence-electron chi connectivity index (χ1n) is 9.89. The lowest BCUT2D eigenvalue weighted by molar-refractivity contribution is 0.138. The van der Waals surface area contributed by atoms with Crippen LogP contribution in [0.2, 0.25) is 0 Å². The van der Waals surface area contributed by atoms with Crippen molar-refractivity contribution in [1.29, 1.82) is 0 Å². The van der Waals surface area contributed by atoms with E-state index in [1.807, 2.05) is 44.2 Å². The van der Waals surface area contributed by atoms with Crippen LogP contribution in [-0.4, -0.2) is 30.5 Å². The topological polar surface area (TPSA) is 81.2 Å². The highest BCUT2D eigenvalue weighted by Gasteiger charge is 2.28. The SMILES string of the molecule is Cc1ccc(OC2CCC(NS(=O)(=O)c3cccc4ccc(C)nc34)CC2)nc1. The quantitative estimate of drug-likeness (QED) is 0.688. The van der Waals surface area contributed by atoms with Gasteiger partial charge in [0.05, 0.1) is 5.52 Å². The number of nitrogens with one attached hydrogen (secondary N) is 1. The van der Waals surface area contributed by atoms with Gasteiger partial charge >= 0.3 is 0 Å². The van der Waals surface area contributed by atoms with E-state index in [1.54, 1.807) is 18.3 Å². The van der Waals surface area contributed by atoms with Gasteiger partial charge in [-0.1, -0.05) is 24.3 Å². The third-order valence-corrected chi connectivity index (χ3v) is 6.83. The molecule has 1 N–H and O–H groups in total. The van der Waals surface area contributed by atoms with Crippen molar-refractivity contribution in [3.05, 3.63) is 59.9 Å². The Morgan fingerprint density at radius 2 is 1.79 bits per heavy atom. The summed E-state index contributed by atoms with van der Waals surface area (Å²) < 4.78 is 34.9. The molecule has 1 saturated carbocycles. The van der Waals surface area contributed by atoms with Crippen molar-refractivity contribution in [2.45, 2.75) is 56.6 Å². The summed E-state index contributed by atoms with van der Waals surface area (Å²) >= 11 is 0. The number of benzene rings is 1. The number of nitrogens with zero attached hydrogens (tertiary/aromatic N) is 2. The molecular weight excluding hydrogens is 386 g/mol. The van der Waals surface area contributed by atoms with Crippen molar-refractivity contribution >= 4 is 20.9 Å². The fraction of sp³-hybridized carbons (Fsp3) is 0.364. The highest BCUT2D eigenvalue weighted by atomic mass is 32.2. The maximum Gasteiger partial charge on any atom is 0.242 e. The minimum Gasteiger partial charge on any atom is -0.474 e. The minimum absolute atomic E-state index is 0.0628. The molecule has 1 aliphatic carbocycles. The van der Waals surface area contributed by atoms with Crippen LogP contribution in [0.1, 0.15) is 36.9 Å². The molecule has 2 aromatic heterocycles. The van der Waals surface area contributed by atoms with Gasteiger partial charge in [-0.05, 0) is 57.2 Å². The summed E-state index contributed by atoms with van der Waals surface area (Å²) in [5.74, 6) is 0.622. The van der Waals surface area contributed by atoms with Crippen molar-refractivity contribution in [1.82, 2.24) is 14.7 Å². The second-order valence-electron chi connectivity index (χ2n) is 7.67. The number of aryl methyl sites for hydroxylation is 2. The average Bonchev–Trinajstić information content (AvgIpc) is 2.70. The monoisotopic (exact) mass is 411 g/mol. The van der Waals surface area contributed by atoms with E-state index in [4.69, 9.17) is 4.74 Å². The zero-order chi connectivity index (χ0) is 20.4. The summed E-state index contributed by atoms with van der Waals surface area (Å²) in [6.45, 7) is 3.85. The predicted molar refractivity (Wildman–Crippen MR) is 112 cm³/mol. The van der Waals surface area contributed by atoms with Gasteiger partial charge in [0, 0.05) is 29.4 Å². The summed E-state index contributed by atoms with van der Waals surface area (Å²) in [7, 11) is -3.65. The van der Waals surface area contributed by atoms with Gasteiger partial charge in [0.1, 0.15) is 11.0 Å². The van der Waals surface area contributed by atoms with Crippen LogP contribution in [0.5, 0.6) is 5.88 Å². The molecule has 4 rings (SSSR count). The molecule has 0 amide bonds. The number of sulfonamides is 1. The molecule has 0 saturated heterocycles. The van der Waals surface area contributed by atoms with Crippen LogP contribution in [0.25, 0.3) is 10.9 Å². The van der Waals surface area contributed by atoms with Crippen LogP contribution in [0.15, 0.2) is 53.6 Å². The smallest absolute Gasteiger partial charge is 0.242 e. The summed E-state index contributed by atoms with van der Waals surface area (Å²) in [5, 5.41) is 0.821. The highest BCUT2D eigenvalue weighted by Crippen LogP contribution is 2.26. The normalized spacial score (nSPS) is 19.9. The van der Waals surface area contributed by atoms with Crippen molar-refractivity contribution in [3.63, 3.8) is 0 Å². The van der Waals surface area contributed by atoms with E-state index in [0.717, 1.165) is 42.3 Å². The van der Waals surface area contributed by atoms with Crippen molar-refractivity contribution < 1.29 is 13.2 Å². The van der Waals surface area contributed by atoms with Crippen LogP contribution in [0, 0.1) is 13.8 Å². The number of hydrogen-bond acceptors (Lipinski definition) is 5. The Kier molecular flexibility index (Phi) is 5.52. The van der Waals surface area contributed by atoms with Gasteiger partial charge in [0.15, 0.2) is 0 Å². The Hall–Kier alpha value is -2.51. The highest BCUT2D eigenvalue weighted by molar-refractivity contribution is 7.89. The molecule has 1 fully saturated rings. The molecule has 3 aromatic rings. The van der Waals surface area contributed by atoms with Crippen molar-refractivity contribution in [2.24, 2.45) is 0 Å². The fourth-order valence-corrected chi connectivity index (χ4v) is 5.19. The predicted octanol–water partition coefficient (Wildman–Crippen LogP) is 3.92. The fourth-order valence-electron chi connectivity index (χ4n) is 3.71. The summed E-state index contributed by atoms with van der Waals surface area (Å²) in [4.78, 5) is 8.98. The number of ether oxygens (including phenoxy) is 1. The molecule has 1 aromatic carbocycles. The van der Waals surface area contributed by atoms with Gasteiger partial charge in [0.25, 0.3) is 0 Å². The van der Waals surface area contributed by atoms with E-state index in [-0.39, 0.29) is 17.0 Å². The number of hydrogen-bond donors (Lipinski definition) is 1. The lowest BCUT2D eigenvalue weighted by Crippen LogP contribution is -2.39. The zero-order valence-corrected chi connectivity index (χ0v) is 17.4. The molecule has 0 unspecified atom stereocenters. The van der Waals surface area contributed by atoms with Gasteiger partial charge < -0.3 is 4.74 Å². The van der Waals surface area contributed by atoms with Gasteiger partial charge in [-0.2, -0.15) is 0 Å². The first kappa shape index (κ1) is 19.8. The molecule has 6 nitrogen and oxygen atoms in total. The molecule has 0 radical (unpaired) electrons. The number of aromatic nitrogens is 2. The van der Waals surface area contributed by atoms with E-state index in [1.165, 1.54) is 0 Å². The summed E-state index contributed by atoms with van der Waals surface area (Å²) in [5.41, 5.74) is 2.40. The third-order valence-electron chi connectivity index (χ3n) is 5.28. The molecular formula is C22H25N3O3S. The second kappa shape index (κ2) is 8.08. The van der Waals surface area contributed by atoms with E-state index >= 15 is 0 Å². The van der Waals surface area contributed by atoms with Gasteiger partial charge in [-0.3, -0.25) is 4.98 Å². The van der Waals surface area contributed by atoms with Crippen molar-refractivity contribution in [3.8, 4) is 5.88 Å². The van der Waals surface area contributed by atoms with E-state index < -0.39 is 10.0 Å². The number of pyridine rings is 2. The number of para-hydroxylation sites is 1. The minimum atomic E-state index is -3.65. The van der Waals surface area contributed by atoms with E-state index in [9.17, 15) is 8.42 Å². The maximum atomic E-state index is 13.0. The summed E-state index contributed by atoms with van der Waals surface area (Å²) in [6, 6.07) is 12.8. The first-order chi connectivity index (χ1) is 13.9. The van der Waals surface area contributed by atoms with Crippen LogP contribution >= 0.6 is 0 Å². The van der Waals surface area contributed by atoms with Gasteiger partial charge in [0.2, 0.25) is 15.9 Å². The Labute approximate surface area is 171 Å². The molecule has 2 heterocycles. The Morgan fingerprint density at radius 3 is 2.52 bits per heavy atom. The van der Waals surface area contributed by atoms with Crippen LogP contribution < -0.4 is 9.46 Å². The van der Waals surface area contributed by atoms with Crippen molar-refractivity contribution in [2.75, 3.05) is 0 Å². The van der Waals surface area contributed by atoms with E-state index in [2.05, 4.69) is 14.7 Å². The molecule has 0 bridgehead atoms. The molecule has 152 valence electrons. The van der Waals surface area contributed by atoms with Gasteiger partial charge in [-0.15, -0.1) is 0 Å². The first-order valence-corrected chi connectivity index (χ1v) is 11.4. The molecule has 0 aliphatic heterocycles. The molecule has 0 spiro atoms. The molecule has 1 aliphatic rings. The maximum absolute atomic E-state index is 13.0. The third kappa shape index (κ3) is 4.57. The van der Waals surface area contributed by atoms with Gasteiger partial charge in [-0.25, -0.2) is 18.1 Å². The second-order valence-corrected chi connectivity index (χ2v) is 9.35. The lowest BCUT2D eigenvalue weighted by atomic mass is 9.94. The summed E-state index contributed by atoms with van der Waals surface area (Å²) in [6.07, 6.45) is 4.88. The zero-order valence-electron chi connectivity index (χ0n) is 16.6. The molecule has 29 heavy (non-hydrogen) atoms. The Balaban J connectivity index is 1.42. The Bertz CT molecular complexity index is 1110. The standard InChI is InChI=1S/C22H25N3O3S/c1-15-6-13-21(23-14-15)28-19-11-9-18(10-12-19)25-29(26,27)20-5-3-4-17-8-7-16(2)24-22(17)20/h3-8,13-14,18-19,25H,9-12H2,1-2H3. The van der Waals surface area contributed by atoms with Crippen LogP contribution in [-0.2, 0) is 10.0 Å². The molecule has 7 heteroatoms. The lowest BCUT2D eigenvalue weighted by Gasteiger charge is -2.29. The largest absolute Gasteiger partial charge is 0.474 e.